The second-order valence-corrected chi connectivity index (χ2v) is 13.7. The molecule has 0 radical (unpaired) electrons. The second-order valence-electron chi connectivity index (χ2n) is 13.7. The van der Waals surface area contributed by atoms with Gasteiger partial charge in [0.25, 0.3) is 0 Å². The molecule has 2 aliphatic rings. The molecule has 0 atom stereocenters. The minimum Gasteiger partial charge on any atom is -0.457 e. The van der Waals surface area contributed by atoms with Gasteiger partial charge in [-0.25, -0.2) is 0 Å². The number of fused-ring (bicyclic) bond motifs is 12. The molecule has 0 unspecified atom stereocenters. The first-order chi connectivity index (χ1) is 25.3. The Bertz CT molecular complexity index is 2800. The van der Waals surface area contributed by atoms with Crippen molar-refractivity contribution in [3.05, 3.63) is 210 Å². The SMILES string of the molecule is c1ccc(-n2c3ccccc3c3ccc(-c4cccc(-c5ccc6c(c5)C5(c7ccccc7O6)c6ccccc6-c6ccccc65)c4)cc32)cc1. The van der Waals surface area contributed by atoms with E-state index >= 15 is 0 Å². The predicted molar refractivity (Wildman–Crippen MR) is 209 cm³/mol. The molecule has 238 valence electrons. The van der Waals surface area contributed by atoms with Crippen molar-refractivity contribution in [3.63, 3.8) is 0 Å². The summed E-state index contributed by atoms with van der Waals surface area (Å²) in [5.74, 6) is 1.81. The summed E-state index contributed by atoms with van der Waals surface area (Å²) in [6, 6.07) is 68.3. The molecule has 2 heteroatoms. The van der Waals surface area contributed by atoms with Crippen molar-refractivity contribution in [2.75, 3.05) is 0 Å². The van der Waals surface area contributed by atoms with Crippen LogP contribution in [0.4, 0.5) is 0 Å². The third-order valence-electron chi connectivity index (χ3n) is 11.1. The van der Waals surface area contributed by atoms with Gasteiger partial charge in [-0.3, -0.25) is 0 Å². The first-order valence-electron chi connectivity index (χ1n) is 17.6. The molecule has 0 saturated carbocycles. The lowest BCUT2D eigenvalue weighted by atomic mass is 9.66. The van der Waals surface area contributed by atoms with Gasteiger partial charge in [-0.2, -0.15) is 0 Å². The smallest absolute Gasteiger partial charge is 0.132 e. The lowest BCUT2D eigenvalue weighted by Gasteiger charge is -2.39. The normalized spacial score (nSPS) is 13.4. The van der Waals surface area contributed by atoms with E-state index in [2.05, 4.69) is 193 Å². The molecule has 2 heterocycles. The van der Waals surface area contributed by atoms with Gasteiger partial charge >= 0.3 is 0 Å². The maximum atomic E-state index is 6.69. The number of hydrogen-bond donors (Lipinski definition) is 0. The summed E-state index contributed by atoms with van der Waals surface area (Å²) in [6.07, 6.45) is 0. The van der Waals surface area contributed by atoms with E-state index < -0.39 is 5.41 Å². The Morgan fingerprint density at radius 3 is 1.71 bits per heavy atom. The van der Waals surface area contributed by atoms with E-state index in [-0.39, 0.29) is 0 Å². The highest BCUT2D eigenvalue weighted by Gasteiger charge is 2.50. The fourth-order valence-electron chi connectivity index (χ4n) is 8.92. The Balaban J connectivity index is 1.09. The van der Waals surface area contributed by atoms with E-state index in [1.165, 1.54) is 77.4 Å². The molecular formula is C49H31NO. The van der Waals surface area contributed by atoms with Gasteiger partial charge in [-0.1, -0.05) is 140 Å². The van der Waals surface area contributed by atoms with Crippen molar-refractivity contribution in [2.45, 2.75) is 5.41 Å². The summed E-state index contributed by atoms with van der Waals surface area (Å²) in [5, 5.41) is 2.52. The van der Waals surface area contributed by atoms with Crippen LogP contribution in [0.15, 0.2) is 188 Å². The van der Waals surface area contributed by atoms with Gasteiger partial charge in [0.2, 0.25) is 0 Å². The van der Waals surface area contributed by atoms with Crippen LogP contribution in [0.1, 0.15) is 22.3 Å². The Hall–Kier alpha value is -6.64. The van der Waals surface area contributed by atoms with Gasteiger partial charge in [0.1, 0.15) is 11.5 Å². The van der Waals surface area contributed by atoms with Gasteiger partial charge in [0, 0.05) is 27.6 Å². The fraction of sp³-hybridized carbons (Fsp3) is 0.0204. The summed E-state index contributed by atoms with van der Waals surface area (Å²) in [4.78, 5) is 0. The third kappa shape index (κ3) is 3.93. The van der Waals surface area contributed by atoms with Crippen LogP contribution in [0.25, 0.3) is 60.9 Å². The average Bonchev–Trinajstić information content (AvgIpc) is 3.69. The molecule has 1 spiro atoms. The Labute approximate surface area is 296 Å². The highest BCUT2D eigenvalue weighted by atomic mass is 16.5. The van der Waals surface area contributed by atoms with E-state index in [1.54, 1.807) is 0 Å². The maximum Gasteiger partial charge on any atom is 0.132 e. The van der Waals surface area contributed by atoms with Gasteiger partial charge in [0.15, 0.2) is 0 Å². The summed E-state index contributed by atoms with van der Waals surface area (Å²) >= 11 is 0. The zero-order valence-electron chi connectivity index (χ0n) is 27.8. The molecule has 0 bridgehead atoms. The number of aromatic nitrogens is 1. The van der Waals surface area contributed by atoms with Crippen LogP contribution < -0.4 is 4.74 Å². The van der Waals surface area contributed by atoms with Gasteiger partial charge in [0.05, 0.1) is 16.4 Å². The zero-order chi connectivity index (χ0) is 33.5. The lowest BCUT2D eigenvalue weighted by molar-refractivity contribution is 0.436. The largest absolute Gasteiger partial charge is 0.457 e. The van der Waals surface area contributed by atoms with E-state index in [0.717, 1.165) is 17.2 Å². The topological polar surface area (TPSA) is 14.2 Å². The first kappa shape index (κ1) is 28.2. The number of para-hydroxylation sites is 3. The number of rotatable bonds is 3. The molecule has 1 aliphatic heterocycles. The van der Waals surface area contributed by atoms with Gasteiger partial charge < -0.3 is 9.30 Å². The number of nitrogens with zero attached hydrogens (tertiary/aromatic N) is 1. The zero-order valence-corrected chi connectivity index (χ0v) is 27.8. The molecule has 0 fully saturated rings. The average molecular weight is 650 g/mol. The standard InChI is InChI=1S/C49H31NO/c1-2-15-36(16-3-1)50-45-23-10-6-19-39(45)40-27-25-35(31-46(40)50)33-14-12-13-32(29-33)34-26-28-48-44(30-34)49(43-22-9-11-24-47(43)51-48)41-20-7-4-17-37(41)38-18-5-8-21-42(38)49/h1-31H. The van der Waals surface area contributed by atoms with Crippen LogP contribution in [0.5, 0.6) is 11.5 Å². The number of benzene rings is 8. The lowest BCUT2D eigenvalue weighted by Crippen LogP contribution is -2.32. The summed E-state index contributed by atoms with van der Waals surface area (Å²) in [6.45, 7) is 0. The molecule has 1 aliphatic carbocycles. The quantitative estimate of drug-likeness (QED) is 0.186. The van der Waals surface area contributed by atoms with E-state index in [0.29, 0.717) is 0 Å². The van der Waals surface area contributed by atoms with Crippen LogP contribution in [0.2, 0.25) is 0 Å². The molecule has 0 saturated heterocycles. The van der Waals surface area contributed by atoms with Crippen molar-refractivity contribution in [1.29, 1.82) is 0 Å². The van der Waals surface area contributed by atoms with E-state index in [9.17, 15) is 0 Å². The van der Waals surface area contributed by atoms with Crippen LogP contribution in [-0.2, 0) is 5.41 Å². The Morgan fingerprint density at radius 2 is 0.922 bits per heavy atom. The first-order valence-corrected chi connectivity index (χ1v) is 17.6. The summed E-state index contributed by atoms with van der Waals surface area (Å²) in [7, 11) is 0. The molecule has 9 aromatic rings. The molecule has 51 heavy (non-hydrogen) atoms. The Kier molecular flexibility index (Phi) is 5.91. The second kappa shape index (κ2) is 10.7. The van der Waals surface area contributed by atoms with Crippen molar-refractivity contribution >= 4 is 21.8 Å². The summed E-state index contributed by atoms with van der Waals surface area (Å²) < 4.78 is 9.07. The molecule has 2 nitrogen and oxygen atoms in total. The number of hydrogen-bond acceptors (Lipinski definition) is 1. The van der Waals surface area contributed by atoms with Crippen molar-refractivity contribution < 1.29 is 4.74 Å². The molecule has 1 aromatic heterocycles. The maximum absolute atomic E-state index is 6.69. The van der Waals surface area contributed by atoms with E-state index in [1.807, 2.05) is 0 Å². The highest BCUT2D eigenvalue weighted by Crippen LogP contribution is 2.62. The molecular weight excluding hydrogens is 619 g/mol. The van der Waals surface area contributed by atoms with Crippen molar-refractivity contribution in [3.8, 4) is 50.6 Å². The van der Waals surface area contributed by atoms with Crippen LogP contribution in [0, 0.1) is 0 Å². The Morgan fingerprint density at radius 1 is 0.353 bits per heavy atom. The predicted octanol–water partition coefficient (Wildman–Crippen LogP) is 12.6. The van der Waals surface area contributed by atoms with Crippen LogP contribution in [0.3, 0.4) is 0 Å². The third-order valence-corrected chi connectivity index (χ3v) is 11.1. The van der Waals surface area contributed by atoms with Crippen LogP contribution in [-0.4, -0.2) is 4.57 Å². The fourth-order valence-corrected chi connectivity index (χ4v) is 8.92. The van der Waals surface area contributed by atoms with Crippen molar-refractivity contribution in [2.24, 2.45) is 0 Å². The van der Waals surface area contributed by atoms with E-state index in [4.69, 9.17) is 4.74 Å². The number of ether oxygens (including phenoxy) is 1. The highest BCUT2D eigenvalue weighted by molar-refractivity contribution is 6.10. The molecule has 11 rings (SSSR count). The minimum atomic E-state index is -0.485. The molecule has 8 aromatic carbocycles. The monoisotopic (exact) mass is 649 g/mol. The molecule has 0 amide bonds. The van der Waals surface area contributed by atoms with Crippen molar-refractivity contribution in [1.82, 2.24) is 4.57 Å². The molecule has 0 N–H and O–H groups in total. The summed E-state index contributed by atoms with van der Waals surface area (Å²) in [5.41, 5.74) is 15.3. The van der Waals surface area contributed by atoms with Gasteiger partial charge in [-0.05, 0) is 93.0 Å². The minimum absolute atomic E-state index is 0.485. The van der Waals surface area contributed by atoms with Gasteiger partial charge in [-0.15, -0.1) is 0 Å². The van der Waals surface area contributed by atoms with Crippen LogP contribution >= 0.6 is 0 Å².